The van der Waals surface area contributed by atoms with Crippen molar-refractivity contribution in [1.82, 2.24) is 9.47 Å². The van der Waals surface area contributed by atoms with Crippen LogP contribution in [-0.4, -0.2) is 33.6 Å². The maximum absolute atomic E-state index is 13.5. The van der Waals surface area contributed by atoms with Gasteiger partial charge in [0.25, 0.3) is 0 Å². The van der Waals surface area contributed by atoms with E-state index in [-0.39, 0.29) is 0 Å². The molecule has 0 unspecified atom stereocenters. The highest BCUT2D eigenvalue weighted by Gasteiger charge is 2.28. The molecule has 3 aromatic rings. The average molecular weight is 414 g/mol. The van der Waals surface area contributed by atoms with Crippen molar-refractivity contribution in [2.75, 3.05) is 23.4 Å². The third-order valence-electron chi connectivity index (χ3n) is 6.35. The van der Waals surface area contributed by atoms with Crippen LogP contribution < -0.4 is 5.32 Å². The SMILES string of the molecule is Cn1c2c(c3ccc(Nc4ccc(F)c(F)c4)cc31)CN(C1CCSCC1)CC2. The van der Waals surface area contributed by atoms with Gasteiger partial charge in [0.2, 0.25) is 0 Å². The number of anilines is 2. The number of aromatic nitrogens is 1. The molecule has 29 heavy (non-hydrogen) atoms. The predicted octanol–water partition coefficient (Wildman–Crippen LogP) is 5.45. The Balaban J connectivity index is 1.44. The van der Waals surface area contributed by atoms with Crippen LogP contribution in [0.1, 0.15) is 24.1 Å². The molecular formula is C23H25F2N3S. The first-order valence-electron chi connectivity index (χ1n) is 10.2. The zero-order chi connectivity index (χ0) is 20.0. The van der Waals surface area contributed by atoms with Crippen LogP contribution in [0.3, 0.4) is 0 Å². The Hall–Kier alpha value is -2.05. The number of nitrogens with one attached hydrogen (secondary N) is 1. The van der Waals surface area contributed by atoms with Crippen LogP contribution in [0.15, 0.2) is 36.4 Å². The second-order valence-electron chi connectivity index (χ2n) is 8.03. The van der Waals surface area contributed by atoms with Crippen molar-refractivity contribution in [1.29, 1.82) is 0 Å². The van der Waals surface area contributed by atoms with Gasteiger partial charge in [-0.1, -0.05) is 6.07 Å². The lowest BCUT2D eigenvalue weighted by molar-refractivity contribution is 0.168. The molecule has 5 rings (SSSR count). The molecule has 3 nitrogen and oxygen atoms in total. The lowest BCUT2D eigenvalue weighted by Crippen LogP contribution is -2.41. The number of rotatable bonds is 3. The zero-order valence-corrected chi connectivity index (χ0v) is 17.4. The van der Waals surface area contributed by atoms with Gasteiger partial charge in [-0.3, -0.25) is 4.90 Å². The van der Waals surface area contributed by atoms with Crippen LogP contribution in [0.4, 0.5) is 20.2 Å². The summed E-state index contributed by atoms with van der Waals surface area (Å²) in [6.07, 6.45) is 3.68. The molecule has 1 fully saturated rings. The number of halogens is 2. The zero-order valence-electron chi connectivity index (χ0n) is 16.5. The minimum Gasteiger partial charge on any atom is -0.355 e. The summed E-state index contributed by atoms with van der Waals surface area (Å²) in [5.41, 5.74) is 5.48. The predicted molar refractivity (Wildman–Crippen MR) is 117 cm³/mol. The Morgan fingerprint density at radius 2 is 1.76 bits per heavy atom. The molecule has 6 heteroatoms. The number of benzene rings is 2. The molecule has 2 aromatic carbocycles. The van der Waals surface area contributed by atoms with Gasteiger partial charge in [-0.2, -0.15) is 11.8 Å². The van der Waals surface area contributed by atoms with Gasteiger partial charge in [0.05, 0.1) is 5.52 Å². The molecule has 1 aromatic heterocycles. The minimum absolute atomic E-state index is 0.545. The van der Waals surface area contributed by atoms with Gasteiger partial charge in [-0.05, 0) is 54.2 Å². The maximum atomic E-state index is 13.5. The maximum Gasteiger partial charge on any atom is 0.160 e. The second-order valence-corrected chi connectivity index (χ2v) is 9.26. The van der Waals surface area contributed by atoms with Gasteiger partial charge in [-0.15, -0.1) is 0 Å². The van der Waals surface area contributed by atoms with Crippen LogP contribution in [0.25, 0.3) is 10.9 Å². The molecule has 0 spiro atoms. The van der Waals surface area contributed by atoms with E-state index in [9.17, 15) is 8.78 Å². The van der Waals surface area contributed by atoms with Gasteiger partial charge in [0, 0.05) is 61.1 Å². The van der Waals surface area contributed by atoms with E-state index in [2.05, 4.69) is 45.7 Å². The molecule has 3 heterocycles. The van der Waals surface area contributed by atoms with E-state index >= 15 is 0 Å². The Labute approximate surface area is 174 Å². The highest BCUT2D eigenvalue weighted by Crippen LogP contribution is 2.34. The number of fused-ring (bicyclic) bond motifs is 3. The summed E-state index contributed by atoms with van der Waals surface area (Å²) in [6, 6.07) is 10.9. The standard InChI is InChI=1S/C23H25F2N3S/c1-27-22-6-9-28(17-7-10-29-11-8-17)14-19(22)18-4-2-16(13-23(18)27)26-15-3-5-20(24)21(25)12-15/h2-5,12-13,17,26H,6-11,14H2,1H3. The summed E-state index contributed by atoms with van der Waals surface area (Å²) < 4.78 is 29.0. The summed E-state index contributed by atoms with van der Waals surface area (Å²) in [5, 5.41) is 4.50. The number of nitrogens with zero attached hydrogens (tertiary/aromatic N) is 2. The number of aryl methyl sites for hydroxylation is 1. The van der Waals surface area contributed by atoms with Crippen molar-refractivity contribution in [3.63, 3.8) is 0 Å². The second kappa shape index (κ2) is 7.65. The molecule has 2 aliphatic heterocycles. The van der Waals surface area contributed by atoms with Gasteiger partial charge < -0.3 is 9.88 Å². The van der Waals surface area contributed by atoms with Crippen molar-refractivity contribution in [3.05, 3.63) is 59.3 Å². The summed E-state index contributed by atoms with van der Waals surface area (Å²) in [7, 11) is 2.13. The molecule has 0 amide bonds. The molecule has 0 radical (unpaired) electrons. The normalized spacial score (nSPS) is 18.2. The van der Waals surface area contributed by atoms with Crippen molar-refractivity contribution >= 4 is 34.0 Å². The molecule has 0 saturated carbocycles. The van der Waals surface area contributed by atoms with Crippen molar-refractivity contribution in [2.24, 2.45) is 7.05 Å². The Bertz CT molecular complexity index is 1060. The molecular weight excluding hydrogens is 388 g/mol. The molecule has 0 bridgehead atoms. The number of hydrogen-bond acceptors (Lipinski definition) is 3. The molecule has 152 valence electrons. The fourth-order valence-electron chi connectivity index (χ4n) is 4.77. The van der Waals surface area contributed by atoms with Crippen molar-refractivity contribution in [2.45, 2.75) is 31.8 Å². The van der Waals surface area contributed by atoms with Crippen LogP contribution in [-0.2, 0) is 20.0 Å². The molecule has 0 atom stereocenters. The van der Waals surface area contributed by atoms with Crippen LogP contribution in [0, 0.1) is 11.6 Å². The third kappa shape index (κ3) is 3.53. The first-order valence-corrected chi connectivity index (χ1v) is 11.4. The van der Waals surface area contributed by atoms with E-state index in [1.54, 1.807) is 6.07 Å². The molecule has 1 N–H and O–H groups in total. The Morgan fingerprint density at radius 3 is 2.55 bits per heavy atom. The van der Waals surface area contributed by atoms with Crippen LogP contribution in [0.2, 0.25) is 0 Å². The van der Waals surface area contributed by atoms with E-state index in [4.69, 9.17) is 0 Å². The topological polar surface area (TPSA) is 20.2 Å². The third-order valence-corrected chi connectivity index (χ3v) is 7.40. The Kier molecular flexibility index (Phi) is 5.00. The molecule has 0 aliphatic carbocycles. The lowest BCUT2D eigenvalue weighted by atomic mass is 10.0. The first-order chi connectivity index (χ1) is 14.1. The fraction of sp³-hybridized carbons (Fsp3) is 0.391. The van der Waals surface area contributed by atoms with Gasteiger partial charge in [-0.25, -0.2) is 8.78 Å². The van der Waals surface area contributed by atoms with Gasteiger partial charge >= 0.3 is 0 Å². The molecule has 2 aliphatic rings. The largest absolute Gasteiger partial charge is 0.355 e. The van der Waals surface area contributed by atoms with E-state index < -0.39 is 11.6 Å². The highest BCUT2D eigenvalue weighted by atomic mass is 32.2. The average Bonchev–Trinajstić information content (AvgIpc) is 3.03. The summed E-state index contributed by atoms with van der Waals surface area (Å²) in [6.45, 7) is 2.16. The van der Waals surface area contributed by atoms with E-state index in [0.717, 1.165) is 31.3 Å². The summed E-state index contributed by atoms with van der Waals surface area (Å²) in [4.78, 5) is 2.68. The minimum atomic E-state index is -0.841. The van der Waals surface area contributed by atoms with E-state index in [0.29, 0.717) is 11.7 Å². The summed E-state index contributed by atoms with van der Waals surface area (Å²) in [5.74, 6) is 0.888. The fourth-order valence-corrected chi connectivity index (χ4v) is 5.86. The summed E-state index contributed by atoms with van der Waals surface area (Å²) >= 11 is 2.08. The quantitative estimate of drug-likeness (QED) is 0.616. The smallest absolute Gasteiger partial charge is 0.160 e. The Morgan fingerprint density at radius 1 is 1.00 bits per heavy atom. The van der Waals surface area contributed by atoms with Crippen LogP contribution >= 0.6 is 11.8 Å². The molecule has 1 saturated heterocycles. The highest BCUT2D eigenvalue weighted by molar-refractivity contribution is 7.99. The van der Waals surface area contributed by atoms with Gasteiger partial charge in [0.15, 0.2) is 11.6 Å². The lowest BCUT2D eigenvalue weighted by Gasteiger charge is -2.37. The van der Waals surface area contributed by atoms with E-state index in [1.807, 2.05) is 6.07 Å². The van der Waals surface area contributed by atoms with Crippen molar-refractivity contribution < 1.29 is 8.78 Å². The van der Waals surface area contributed by atoms with E-state index in [1.165, 1.54) is 52.6 Å². The van der Waals surface area contributed by atoms with Crippen molar-refractivity contribution in [3.8, 4) is 0 Å². The number of hydrogen-bond donors (Lipinski definition) is 1. The number of thioether (sulfide) groups is 1. The first kappa shape index (κ1) is 18.9. The van der Waals surface area contributed by atoms with Crippen LogP contribution in [0.5, 0.6) is 0 Å². The monoisotopic (exact) mass is 413 g/mol. The van der Waals surface area contributed by atoms with Gasteiger partial charge in [0.1, 0.15) is 0 Å².